The molecule has 0 aromatic heterocycles. The van der Waals surface area contributed by atoms with E-state index in [0.29, 0.717) is 19.4 Å². The Kier molecular flexibility index (Phi) is 4.12. The van der Waals surface area contributed by atoms with Gasteiger partial charge in [0.1, 0.15) is 5.54 Å². The van der Waals surface area contributed by atoms with Crippen molar-refractivity contribution >= 4 is 11.9 Å². The van der Waals surface area contributed by atoms with Crippen molar-refractivity contribution in [2.75, 3.05) is 6.54 Å². The zero-order valence-electron chi connectivity index (χ0n) is 12.9. The molecule has 0 aromatic rings. The van der Waals surface area contributed by atoms with Crippen LogP contribution in [0.4, 0.5) is 0 Å². The minimum absolute atomic E-state index is 0.00406. The van der Waals surface area contributed by atoms with Crippen LogP contribution in [-0.4, -0.2) is 34.0 Å². The number of carboxylic acids is 1. The fourth-order valence-electron chi connectivity index (χ4n) is 4.08. The van der Waals surface area contributed by atoms with E-state index in [1.54, 1.807) is 4.90 Å². The number of hydrogen-bond acceptors (Lipinski definition) is 2. The summed E-state index contributed by atoms with van der Waals surface area (Å²) in [5, 5.41) is 9.62. The van der Waals surface area contributed by atoms with Gasteiger partial charge in [-0.1, -0.05) is 33.6 Å². The van der Waals surface area contributed by atoms with Crippen molar-refractivity contribution in [1.29, 1.82) is 0 Å². The van der Waals surface area contributed by atoms with Crippen LogP contribution in [-0.2, 0) is 9.59 Å². The van der Waals surface area contributed by atoms with Crippen molar-refractivity contribution in [1.82, 2.24) is 4.90 Å². The zero-order chi connectivity index (χ0) is 15.0. The van der Waals surface area contributed by atoms with Gasteiger partial charge in [0.15, 0.2) is 0 Å². The second-order valence-electron chi connectivity index (χ2n) is 7.07. The van der Waals surface area contributed by atoms with Gasteiger partial charge in [-0.3, -0.25) is 4.79 Å². The van der Waals surface area contributed by atoms with Gasteiger partial charge in [-0.05, 0) is 37.5 Å². The standard InChI is InChI=1S/C16H27NO3/c1-4-16(14(19)20)10-7-11-17(16)13(18)12-8-5-6-9-15(12,2)3/h12H,4-11H2,1-3H3,(H,19,20). The SMILES string of the molecule is CCC1(C(=O)O)CCCN1C(=O)C1CCCCC1(C)C. The molecule has 0 spiro atoms. The summed E-state index contributed by atoms with van der Waals surface area (Å²) in [5.41, 5.74) is -0.958. The highest BCUT2D eigenvalue weighted by Gasteiger charge is 2.51. The lowest BCUT2D eigenvalue weighted by molar-refractivity contribution is -0.161. The molecule has 1 N–H and O–H groups in total. The highest BCUT2D eigenvalue weighted by molar-refractivity contribution is 5.89. The van der Waals surface area contributed by atoms with Crippen LogP contribution in [0.5, 0.6) is 0 Å². The number of carbonyl (C=O) groups excluding carboxylic acids is 1. The van der Waals surface area contributed by atoms with Gasteiger partial charge in [-0.2, -0.15) is 0 Å². The van der Waals surface area contributed by atoms with E-state index in [9.17, 15) is 14.7 Å². The third-order valence-electron chi connectivity index (χ3n) is 5.54. The molecule has 1 amide bonds. The number of aliphatic carboxylic acids is 1. The van der Waals surface area contributed by atoms with Crippen molar-refractivity contribution in [3.05, 3.63) is 0 Å². The highest BCUT2D eigenvalue weighted by atomic mass is 16.4. The quantitative estimate of drug-likeness (QED) is 0.865. The van der Waals surface area contributed by atoms with Gasteiger partial charge in [0.25, 0.3) is 0 Å². The average molecular weight is 281 g/mol. The Balaban J connectivity index is 2.25. The van der Waals surface area contributed by atoms with Crippen molar-refractivity contribution in [2.24, 2.45) is 11.3 Å². The molecule has 4 heteroatoms. The van der Waals surface area contributed by atoms with Crippen molar-refractivity contribution in [3.63, 3.8) is 0 Å². The molecule has 2 fully saturated rings. The first-order valence-corrected chi connectivity index (χ1v) is 7.90. The summed E-state index contributed by atoms with van der Waals surface area (Å²) in [6, 6.07) is 0. The van der Waals surface area contributed by atoms with E-state index in [-0.39, 0.29) is 17.2 Å². The van der Waals surface area contributed by atoms with Gasteiger partial charge in [0.2, 0.25) is 5.91 Å². The second-order valence-corrected chi connectivity index (χ2v) is 7.07. The third kappa shape index (κ3) is 2.33. The molecule has 1 heterocycles. The molecule has 114 valence electrons. The van der Waals surface area contributed by atoms with Crippen LogP contribution < -0.4 is 0 Å². The zero-order valence-corrected chi connectivity index (χ0v) is 12.9. The van der Waals surface area contributed by atoms with Gasteiger partial charge >= 0.3 is 5.97 Å². The van der Waals surface area contributed by atoms with Crippen molar-refractivity contribution in [3.8, 4) is 0 Å². The molecule has 4 nitrogen and oxygen atoms in total. The normalized spacial score (nSPS) is 33.1. The van der Waals surface area contributed by atoms with Crippen LogP contribution in [0.15, 0.2) is 0 Å². The average Bonchev–Trinajstić information content (AvgIpc) is 2.82. The first-order chi connectivity index (χ1) is 9.35. The Morgan fingerprint density at radius 2 is 1.90 bits per heavy atom. The number of amides is 1. The number of carboxylic acid groups (broad SMARTS) is 1. The molecule has 1 aliphatic heterocycles. The van der Waals surface area contributed by atoms with Crippen molar-refractivity contribution in [2.45, 2.75) is 71.3 Å². The summed E-state index contributed by atoms with van der Waals surface area (Å²) in [7, 11) is 0. The maximum absolute atomic E-state index is 13.0. The second kappa shape index (κ2) is 5.38. The van der Waals surface area contributed by atoms with Gasteiger partial charge in [0.05, 0.1) is 0 Å². The first-order valence-electron chi connectivity index (χ1n) is 7.90. The van der Waals surface area contributed by atoms with E-state index in [1.165, 1.54) is 6.42 Å². The minimum atomic E-state index is -0.954. The lowest BCUT2D eigenvalue weighted by Crippen LogP contribution is -2.56. The number of hydrogen-bond donors (Lipinski definition) is 1. The molecule has 2 aliphatic rings. The summed E-state index contributed by atoms with van der Waals surface area (Å²) < 4.78 is 0. The minimum Gasteiger partial charge on any atom is -0.479 e. The topological polar surface area (TPSA) is 57.6 Å². The van der Waals surface area contributed by atoms with Gasteiger partial charge in [-0.15, -0.1) is 0 Å². The molecular formula is C16H27NO3. The van der Waals surface area contributed by atoms with Crippen LogP contribution in [0.2, 0.25) is 0 Å². The predicted octanol–water partition coefficient (Wildman–Crippen LogP) is 3.06. The van der Waals surface area contributed by atoms with E-state index in [2.05, 4.69) is 13.8 Å². The molecule has 0 aromatic carbocycles. The lowest BCUT2D eigenvalue weighted by Gasteiger charge is -2.43. The summed E-state index contributed by atoms with van der Waals surface area (Å²) in [4.78, 5) is 26.4. The van der Waals surface area contributed by atoms with E-state index < -0.39 is 11.5 Å². The Morgan fingerprint density at radius 3 is 2.45 bits per heavy atom. The Bertz CT molecular complexity index is 405. The number of likely N-dealkylation sites (tertiary alicyclic amines) is 1. The van der Waals surface area contributed by atoms with Crippen LogP contribution in [0, 0.1) is 11.3 Å². The van der Waals surface area contributed by atoms with Crippen molar-refractivity contribution < 1.29 is 14.7 Å². The fourth-order valence-corrected chi connectivity index (χ4v) is 4.08. The van der Waals surface area contributed by atoms with E-state index in [0.717, 1.165) is 25.7 Å². The summed E-state index contributed by atoms with van der Waals surface area (Å²) in [6.45, 7) is 6.79. The van der Waals surface area contributed by atoms with Gasteiger partial charge in [-0.25, -0.2) is 4.79 Å². The van der Waals surface area contributed by atoms with Gasteiger partial charge < -0.3 is 10.0 Å². The molecular weight excluding hydrogens is 254 g/mol. The van der Waals surface area contributed by atoms with Gasteiger partial charge in [0, 0.05) is 12.5 Å². The molecule has 20 heavy (non-hydrogen) atoms. The molecule has 0 radical (unpaired) electrons. The number of nitrogens with zero attached hydrogens (tertiary/aromatic N) is 1. The maximum Gasteiger partial charge on any atom is 0.329 e. The smallest absolute Gasteiger partial charge is 0.329 e. The van der Waals surface area contributed by atoms with Crippen LogP contribution >= 0.6 is 0 Å². The third-order valence-corrected chi connectivity index (χ3v) is 5.54. The van der Waals surface area contributed by atoms with Crippen LogP contribution in [0.25, 0.3) is 0 Å². The number of rotatable bonds is 3. The van der Waals surface area contributed by atoms with E-state index in [4.69, 9.17) is 0 Å². The molecule has 1 saturated carbocycles. The molecule has 2 rings (SSSR count). The summed E-state index contributed by atoms with van der Waals surface area (Å²) >= 11 is 0. The molecule has 1 aliphatic carbocycles. The predicted molar refractivity (Wildman–Crippen MR) is 77.3 cm³/mol. The molecule has 0 bridgehead atoms. The fraction of sp³-hybridized carbons (Fsp3) is 0.875. The highest BCUT2D eigenvalue weighted by Crippen LogP contribution is 2.44. The van der Waals surface area contributed by atoms with Crippen LogP contribution in [0.1, 0.15) is 65.7 Å². The largest absolute Gasteiger partial charge is 0.479 e. The molecule has 2 unspecified atom stereocenters. The lowest BCUT2D eigenvalue weighted by atomic mass is 9.68. The maximum atomic E-state index is 13.0. The number of carbonyl (C=O) groups is 2. The summed E-state index contributed by atoms with van der Waals surface area (Å²) in [6.07, 6.45) is 6.12. The van der Waals surface area contributed by atoms with E-state index >= 15 is 0 Å². The Hall–Kier alpha value is -1.06. The van der Waals surface area contributed by atoms with E-state index in [1.807, 2.05) is 6.92 Å². The first kappa shape index (κ1) is 15.3. The summed E-state index contributed by atoms with van der Waals surface area (Å²) in [5.74, 6) is -0.768. The monoisotopic (exact) mass is 281 g/mol. The Morgan fingerprint density at radius 1 is 1.20 bits per heavy atom. The Labute approximate surface area is 121 Å². The molecule has 1 saturated heterocycles. The molecule has 2 atom stereocenters. The van der Waals surface area contributed by atoms with Crippen LogP contribution in [0.3, 0.4) is 0 Å².